The fraction of sp³-hybridized carbons (Fsp3) is 0.423. The zero-order valence-electron chi connectivity index (χ0n) is 19.6. The molecule has 2 aromatic carbocycles. The average molecular weight is 485 g/mol. The maximum absolute atomic E-state index is 13.9. The molecule has 0 unspecified atom stereocenters. The molecule has 4 rings (SSSR count). The first-order valence-corrected chi connectivity index (χ1v) is 11.7. The number of methoxy groups -OCH3 is 1. The molecule has 1 saturated carbocycles. The molecule has 1 heterocycles. The van der Waals surface area contributed by atoms with E-state index >= 15 is 0 Å². The van der Waals surface area contributed by atoms with E-state index in [-0.39, 0.29) is 24.2 Å². The summed E-state index contributed by atoms with van der Waals surface area (Å²) in [4.78, 5) is 36.6. The lowest BCUT2D eigenvalue weighted by molar-refractivity contribution is -0.137. The fourth-order valence-electron chi connectivity index (χ4n) is 4.79. The minimum absolute atomic E-state index is 0.00530. The second-order valence-corrected chi connectivity index (χ2v) is 9.01. The molecule has 0 radical (unpaired) electrons. The number of anilines is 1. The third-order valence-corrected chi connectivity index (χ3v) is 6.73. The number of aryl methyl sites for hydroxylation is 1. The monoisotopic (exact) mass is 484 g/mol. The Bertz CT molecular complexity index is 1140. The van der Waals surface area contributed by atoms with E-state index in [0.717, 1.165) is 5.56 Å². The van der Waals surface area contributed by atoms with Crippen molar-refractivity contribution in [3.8, 4) is 5.75 Å². The van der Waals surface area contributed by atoms with Crippen LogP contribution in [0.25, 0.3) is 0 Å². The molecular formula is C26H29FN2O6. The van der Waals surface area contributed by atoms with Crippen LogP contribution in [0, 0.1) is 11.7 Å². The van der Waals surface area contributed by atoms with E-state index in [1.54, 1.807) is 31.4 Å². The van der Waals surface area contributed by atoms with Crippen LogP contribution in [-0.4, -0.2) is 49.8 Å². The van der Waals surface area contributed by atoms with E-state index in [0.29, 0.717) is 68.0 Å². The normalized spacial score (nSPS) is 20.0. The van der Waals surface area contributed by atoms with Crippen LogP contribution >= 0.6 is 0 Å². The largest absolute Gasteiger partial charge is 0.493 e. The van der Waals surface area contributed by atoms with Crippen LogP contribution in [0.3, 0.4) is 0 Å². The number of hydrogen-bond acceptors (Lipinski definition) is 5. The van der Waals surface area contributed by atoms with Gasteiger partial charge < -0.3 is 25.2 Å². The first-order chi connectivity index (χ1) is 16.8. The minimum atomic E-state index is -0.900. The Morgan fingerprint density at radius 1 is 1.23 bits per heavy atom. The Hall–Kier alpha value is -3.46. The van der Waals surface area contributed by atoms with Crippen molar-refractivity contribution in [2.45, 2.75) is 37.5 Å². The lowest BCUT2D eigenvalue weighted by Gasteiger charge is -2.27. The molecule has 0 aromatic heterocycles. The highest BCUT2D eigenvalue weighted by molar-refractivity contribution is 5.98. The molecule has 35 heavy (non-hydrogen) atoms. The van der Waals surface area contributed by atoms with E-state index in [9.17, 15) is 18.8 Å². The third-order valence-electron chi connectivity index (χ3n) is 6.73. The van der Waals surface area contributed by atoms with E-state index in [2.05, 4.69) is 10.6 Å². The van der Waals surface area contributed by atoms with Gasteiger partial charge in [0.15, 0.2) is 0 Å². The summed E-state index contributed by atoms with van der Waals surface area (Å²) in [7, 11) is 1.56. The van der Waals surface area contributed by atoms with Gasteiger partial charge in [0.1, 0.15) is 11.6 Å². The van der Waals surface area contributed by atoms with Crippen molar-refractivity contribution in [2.75, 3.05) is 32.2 Å². The number of hydrogen-bond donors (Lipinski definition) is 3. The summed E-state index contributed by atoms with van der Waals surface area (Å²) < 4.78 is 24.7. The van der Waals surface area contributed by atoms with Gasteiger partial charge in [-0.05, 0) is 61.6 Å². The molecule has 3 N–H and O–H groups in total. The molecule has 1 aliphatic heterocycles. The number of fused-ring (bicyclic) bond motifs is 2. The van der Waals surface area contributed by atoms with Crippen molar-refractivity contribution in [1.29, 1.82) is 0 Å². The number of rotatable bonds is 10. The first-order valence-electron chi connectivity index (χ1n) is 11.7. The molecule has 8 nitrogen and oxygen atoms in total. The van der Waals surface area contributed by atoms with Gasteiger partial charge in [-0.3, -0.25) is 14.4 Å². The number of carbonyl (C=O) groups is 3. The number of amides is 2. The molecule has 186 valence electrons. The van der Waals surface area contributed by atoms with Crippen LogP contribution in [0.4, 0.5) is 10.1 Å². The highest BCUT2D eigenvalue weighted by atomic mass is 19.1. The second-order valence-electron chi connectivity index (χ2n) is 9.01. The van der Waals surface area contributed by atoms with Crippen molar-refractivity contribution < 1.29 is 33.4 Å². The first kappa shape index (κ1) is 24.7. The minimum Gasteiger partial charge on any atom is -0.493 e. The third kappa shape index (κ3) is 5.45. The number of nitrogens with one attached hydrogen (secondary N) is 2. The maximum atomic E-state index is 13.9. The molecule has 1 aliphatic carbocycles. The van der Waals surface area contributed by atoms with Gasteiger partial charge in [-0.25, -0.2) is 4.39 Å². The summed E-state index contributed by atoms with van der Waals surface area (Å²) in [6.45, 7) is 1.27. The van der Waals surface area contributed by atoms with E-state index in [4.69, 9.17) is 14.6 Å². The van der Waals surface area contributed by atoms with Gasteiger partial charge in [-0.15, -0.1) is 0 Å². The zero-order chi connectivity index (χ0) is 25.0. The van der Waals surface area contributed by atoms with Gasteiger partial charge in [0.05, 0.1) is 13.2 Å². The van der Waals surface area contributed by atoms with Crippen LogP contribution < -0.4 is 15.4 Å². The number of halogens is 1. The van der Waals surface area contributed by atoms with Crippen LogP contribution in [0.2, 0.25) is 0 Å². The number of carboxylic acids is 1. The summed E-state index contributed by atoms with van der Waals surface area (Å²) in [5.74, 6) is -1.50. The molecule has 2 amide bonds. The van der Waals surface area contributed by atoms with Crippen molar-refractivity contribution >= 4 is 23.5 Å². The second kappa shape index (κ2) is 10.4. The summed E-state index contributed by atoms with van der Waals surface area (Å²) in [6.07, 6.45) is 2.04. The number of ether oxygens (including phenoxy) is 2. The van der Waals surface area contributed by atoms with Gasteiger partial charge in [0.25, 0.3) is 5.91 Å². The van der Waals surface area contributed by atoms with Gasteiger partial charge >= 0.3 is 5.97 Å². The van der Waals surface area contributed by atoms with Gasteiger partial charge in [0.2, 0.25) is 5.91 Å². The molecule has 0 bridgehead atoms. The molecule has 2 aromatic rings. The fourth-order valence-corrected chi connectivity index (χ4v) is 4.79. The Morgan fingerprint density at radius 2 is 2.06 bits per heavy atom. The predicted molar refractivity (Wildman–Crippen MR) is 126 cm³/mol. The predicted octanol–water partition coefficient (Wildman–Crippen LogP) is 3.29. The molecule has 2 atom stereocenters. The van der Waals surface area contributed by atoms with Crippen LogP contribution in [0.15, 0.2) is 36.4 Å². The summed E-state index contributed by atoms with van der Waals surface area (Å²) in [6, 6.07) is 9.41. The lowest BCUT2D eigenvalue weighted by Crippen LogP contribution is -2.29. The zero-order valence-corrected chi connectivity index (χ0v) is 19.6. The molecule has 9 heteroatoms. The summed E-state index contributed by atoms with van der Waals surface area (Å²) in [5, 5.41) is 14.6. The van der Waals surface area contributed by atoms with E-state index < -0.39 is 17.2 Å². The topological polar surface area (TPSA) is 114 Å². The summed E-state index contributed by atoms with van der Waals surface area (Å²) >= 11 is 0. The lowest BCUT2D eigenvalue weighted by atomic mass is 9.86. The van der Waals surface area contributed by atoms with Gasteiger partial charge in [-0.1, -0.05) is 6.07 Å². The van der Waals surface area contributed by atoms with Gasteiger partial charge in [0, 0.05) is 48.2 Å². The average Bonchev–Trinajstić information content (AvgIpc) is 3.55. The van der Waals surface area contributed by atoms with Crippen molar-refractivity contribution in [2.24, 2.45) is 5.92 Å². The maximum Gasteiger partial charge on any atom is 0.303 e. The van der Waals surface area contributed by atoms with E-state index in [1.165, 1.54) is 12.1 Å². The molecule has 2 aliphatic rings. The Labute approximate surface area is 202 Å². The van der Waals surface area contributed by atoms with Gasteiger partial charge in [-0.2, -0.15) is 0 Å². The highest BCUT2D eigenvalue weighted by Gasteiger charge is 2.61. The molecule has 1 spiro atoms. The number of carbonyl (C=O) groups excluding carboxylic acids is 2. The highest BCUT2D eigenvalue weighted by Crippen LogP contribution is 2.61. The van der Waals surface area contributed by atoms with Crippen LogP contribution in [0.5, 0.6) is 5.75 Å². The Morgan fingerprint density at radius 3 is 2.83 bits per heavy atom. The van der Waals surface area contributed by atoms with Crippen LogP contribution in [0.1, 0.15) is 47.2 Å². The molecule has 0 saturated heterocycles. The molecule has 1 fully saturated rings. The summed E-state index contributed by atoms with van der Waals surface area (Å²) in [5.41, 5.74) is 1.95. The standard InChI is InChI=1S/C26H29FN2O6/c1-34-12-10-28-24(32)17-6-8-22-19(13-17)26(9-11-35-22)15-20(26)25(33)29-21-14-18(27)7-5-16(21)3-2-4-23(30)31/h5-8,13-14,20H,2-4,9-12,15H2,1H3,(H,28,32)(H,29,33)(H,30,31)/t20-,26-/m0/s1. The van der Waals surface area contributed by atoms with E-state index in [1.807, 2.05) is 0 Å². The Balaban J connectivity index is 1.50. The Kier molecular flexibility index (Phi) is 7.35. The van der Waals surface area contributed by atoms with Crippen LogP contribution in [-0.2, 0) is 26.2 Å². The van der Waals surface area contributed by atoms with Crippen molar-refractivity contribution in [1.82, 2.24) is 5.32 Å². The molecular weight excluding hydrogens is 455 g/mol. The number of carboxylic acid groups (broad SMARTS) is 1. The SMILES string of the molecule is COCCNC(=O)c1ccc2c(c1)[C@]1(CCO2)C[C@H]1C(=O)Nc1cc(F)ccc1CCCC(=O)O. The number of benzene rings is 2. The van der Waals surface area contributed by atoms with Crippen molar-refractivity contribution in [3.05, 3.63) is 58.9 Å². The van der Waals surface area contributed by atoms with Crippen molar-refractivity contribution in [3.63, 3.8) is 0 Å². The quantitative estimate of drug-likeness (QED) is 0.446. The smallest absolute Gasteiger partial charge is 0.303 e. The number of aliphatic carboxylic acids is 1.